The minimum absolute atomic E-state index is 0.0334. The SMILES string of the molecule is CCC(C)c1ccc(NCc2ccc(C(=O)O)o2)cc1. The Kier molecular flexibility index (Phi) is 4.45. The zero-order valence-electron chi connectivity index (χ0n) is 11.7. The maximum Gasteiger partial charge on any atom is 0.371 e. The predicted molar refractivity (Wildman–Crippen MR) is 78.1 cm³/mol. The molecule has 0 aliphatic carbocycles. The van der Waals surface area contributed by atoms with Crippen LogP contribution in [0.25, 0.3) is 0 Å². The summed E-state index contributed by atoms with van der Waals surface area (Å²) in [6.45, 7) is 4.85. The van der Waals surface area contributed by atoms with Crippen LogP contribution in [0.4, 0.5) is 5.69 Å². The van der Waals surface area contributed by atoms with Crippen LogP contribution in [0.2, 0.25) is 0 Å². The highest BCUT2D eigenvalue weighted by atomic mass is 16.4. The van der Waals surface area contributed by atoms with Crippen LogP contribution in [0, 0.1) is 0 Å². The van der Waals surface area contributed by atoms with Gasteiger partial charge < -0.3 is 14.8 Å². The number of hydrogen-bond donors (Lipinski definition) is 2. The Bertz CT molecular complexity index is 572. The Balaban J connectivity index is 1.94. The molecule has 1 aromatic carbocycles. The van der Waals surface area contributed by atoms with Gasteiger partial charge in [-0.3, -0.25) is 0 Å². The van der Waals surface area contributed by atoms with Crippen molar-refractivity contribution in [2.24, 2.45) is 0 Å². The number of anilines is 1. The van der Waals surface area contributed by atoms with Crippen LogP contribution in [-0.4, -0.2) is 11.1 Å². The zero-order valence-corrected chi connectivity index (χ0v) is 11.7. The molecule has 0 aliphatic heterocycles. The second-order valence-electron chi connectivity index (χ2n) is 4.86. The van der Waals surface area contributed by atoms with E-state index in [4.69, 9.17) is 9.52 Å². The number of carbonyl (C=O) groups is 1. The van der Waals surface area contributed by atoms with Crippen molar-refractivity contribution in [3.05, 3.63) is 53.5 Å². The van der Waals surface area contributed by atoms with Gasteiger partial charge in [0.15, 0.2) is 0 Å². The summed E-state index contributed by atoms with van der Waals surface area (Å²) in [6.07, 6.45) is 1.12. The predicted octanol–water partition coefficient (Wildman–Crippen LogP) is 4.10. The standard InChI is InChI=1S/C16H19NO3/c1-3-11(2)12-4-6-13(7-5-12)17-10-14-8-9-15(20-14)16(18)19/h4-9,11,17H,3,10H2,1-2H3,(H,18,19). The van der Waals surface area contributed by atoms with Crippen molar-refractivity contribution in [1.82, 2.24) is 0 Å². The molecule has 0 fully saturated rings. The van der Waals surface area contributed by atoms with E-state index in [0.29, 0.717) is 18.2 Å². The van der Waals surface area contributed by atoms with Crippen LogP contribution in [0.15, 0.2) is 40.8 Å². The highest BCUT2D eigenvalue weighted by molar-refractivity contribution is 5.84. The number of carboxylic acid groups (broad SMARTS) is 1. The van der Waals surface area contributed by atoms with Crippen molar-refractivity contribution < 1.29 is 14.3 Å². The van der Waals surface area contributed by atoms with E-state index >= 15 is 0 Å². The quantitative estimate of drug-likeness (QED) is 0.831. The van der Waals surface area contributed by atoms with Gasteiger partial charge in [-0.1, -0.05) is 26.0 Å². The minimum Gasteiger partial charge on any atom is -0.475 e. The lowest BCUT2D eigenvalue weighted by molar-refractivity contribution is 0.0660. The lowest BCUT2D eigenvalue weighted by atomic mass is 9.99. The molecule has 106 valence electrons. The monoisotopic (exact) mass is 273 g/mol. The molecule has 2 N–H and O–H groups in total. The van der Waals surface area contributed by atoms with Crippen molar-refractivity contribution in [3.8, 4) is 0 Å². The summed E-state index contributed by atoms with van der Waals surface area (Å²) in [4.78, 5) is 10.7. The molecule has 0 bridgehead atoms. The van der Waals surface area contributed by atoms with Gasteiger partial charge in [0.2, 0.25) is 5.76 Å². The number of carboxylic acids is 1. The summed E-state index contributed by atoms with van der Waals surface area (Å²) < 4.78 is 5.18. The van der Waals surface area contributed by atoms with E-state index in [-0.39, 0.29) is 5.76 Å². The molecule has 0 aliphatic rings. The molecule has 2 rings (SSSR count). The average Bonchev–Trinajstić information content (AvgIpc) is 2.94. The lowest BCUT2D eigenvalue weighted by Gasteiger charge is -2.10. The fraction of sp³-hybridized carbons (Fsp3) is 0.312. The first-order valence-corrected chi connectivity index (χ1v) is 6.76. The molecule has 0 spiro atoms. The Labute approximate surface area is 118 Å². The smallest absolute Gasteiger partial charge is 0.371 e. The van der Waals surface area contributed by atoms with E-state index in [2.05, 4.69) is 31.3 Å². The second-order valence-corrected chi connectivity index (χ2v) is 4.86. The molecule has 0 radical (unpaired) electrons. The van der Waals surface area contributed by atoms with E-state index < -0.39 is 5.97 Å². The van der Waals surface area contributed by atoms with Crippen molar-refractivity contribution >= 4 is 11.7 Å². The third-order valence-electron chi connectivity index (χ3n) is 3.43. The van der Waals surface area contributed by atoms with E-state index in [0.717, 1.165) is 12.1 Å². The summed E-state index contributed by atoms with van der Waals surface area (Å²) in [5.74, 6) is 0.0868. The molecule has 20 heavy (non-hydrogen) atoms. The summed E-state index contributed by atoms with van der Waals surface area (Å²) in [6, 6.07) is 11.4. The molecular weight excluding hydrogens is 254 g/mol. The van der Waals surface area contributed by atoms with Crippen LogP contribution >= 0.6 is 0 Å². The third-order valence-corrected chi connectivity index (χ3v) is 3.43. The average molecular weight is 273 g/mol. The van der Waals surface area contributed by atoms with Gasteiger partial charge in [-0.2, -0.15) is 0 Å². The molecule has 1 unspecified atom stereocenters. The number of aromatic carboxylic acids is 1. The van der Waals surface area contributed by atoms with Crippen LogP contribution < -0.4 is 5.32 Å². The Morgan fingerprint density at radius 1 is 1.25 bits per heavy atom. The molecule has 2 aromatic rings. The maximum absolute atomic E-state index is 10.7. The highest BCUT2D eigenvalue weighted by Gasteiger charge is 2.08. The normalized spacial score (nSPS) is 12.1. The summed E-state index contributed by atoms with van der Waals surface area (Å²) >= 11 is 0. The number of benzene rings is 1. The first-order chi connectivity index (χ1) is 9.60. The van der Waals surface area contributed by atoms with Gasteiger partial charge in [-0.25, -0.2) is 4.79 Å². The molecule has 1 atom stereocenters. The minimum atomic E-state index is -1.05. The molecule has 0 amide bonds. The lowest BCUT2D eigenvalue weighted by Crippen LogP contribution is -1.99. The number of furan rings is 1. The van der Waals surface area contributed by atoms with Crippen LogP contribution in [0.1, 0.15) is 48.1 Å². The van der Waals surface area contributed by atoms with Crippen molar-refractivity contribution in [2.75, 3.05) is 5.32 Å². The van der Waals surface area contributed by atoms with Crippen molar-refractivity contribution in [1.29, 1.82) is 0 Å². The van der Waals surface area contributed by atoms with Gasteiger partial charge in [0.25, 0.3) is 0 Å². The Hall–Kier alpha value is -2.23. The van der Waals surface area contributed by atoms with Crippen LogP contribution in [-0.2, 0) is 6.54 Å². The topological polar surface area (TPSA) is 62.5 Å². The first-order valence-electron chi connectivity index (χ1n) is 6.76. The zero-order chi connectivity index (χ0) is 14.5. The van der Waals surface area contributed by atoms with Crippen molar-refractivity contribution in [2.45, 2.75) is 32.7 Å². The van der Waals surface area contributed by atoms with Gasteiger partial charge in [0, 0.05) is 5.69 Å². The van der Waals surface area contributed by atoms with Gasteiger partial charge >= 0.3 is 5.97 Å². The number of nitrogens with one attached hydrogen (secondary N) is 1. The van der Waals surface area contributed by atoms with Crippen LogP contribution in [0.5, 0.6) is 0 Å². The van der Waals surface area contributed by atoms with Gasteiger partial charge in [-0.15, -0.1) is 0 Å². The summed E-state index contributed by atoms with van der Waals surface area (Å²) in [5.41, 5.74) is 2.31. The van der Waals surface area contributed by atoms with E-state index in [1.807, 2.05) is 12.1 Å². The summed E-state index contributed by atoms with van der Waals surface area (Å²) in [7, 11) is 0. The maximum atomic E-state index is 10.7. The summed E-state index contributed by atoms with van der Waals surface area (Å²) in [5, 5.41) is 12.0. The number of hydrogen-bond acceptors (Lipinski definition) is 3. The largest absolute Gasteiger partial charge is 0.475 e. The van der Waals surface area contributed by atoms with Crippen LogP contribution in [0.3, 0.4) is 0 Å². The Morgan fingerprint density at radius 3 is 2.50 bits per heavy atom. The van der Waals surface area contributed by atoms with E-state index in [1.165, 1.54) is 11.6 Å². The van der Waals surface area contributed by atoms with Gasteiger partial charge in [0.05, 0.1) is 6.54 Å². The fourth-order valence-corrected chi connectivity index (χ4v) is 1.94. The first kappa shape index (κ1) is 14.2. The number of rotatable bonds is 6. The second kappa shape index (κ2) is 6.28. The fourth-order valence-electron chi connectivity index (χ4n) is 1.94. The molecule has 4 nitrogen and oxygen atoms in total. The van der Waals surface area contributed by atoms with E-state index in [9.17, 15) is 4.79 Å². The van der Waals surface area contributed by atoms with E-state index in [1.54, 1.807) is 6.07 Å². The van der Waals surface area contributed by atoms with Gasteiger partial charge in [-0.05, 0) is 42.2 Å². The molecule has 1 heterocycles. The Morgan fingerprint density at radius 2 is 1.95 bits per heavy atom. The molecule has 0 saturated carbocycles. The molecule has 1 aromatic heterocycles. The molecule has 4 heteroatoms. The third kappa shape index (κ3) is 3.41. The van der Waals surface area contributed by atoms with Gasteiger partial charge in [0.1, 0.15) is 5.76 Å². The molecule has 0 saturated heterocycles. The molecular formula is C16H19NO3. The van der Waals surface area contributed by atoms with Crippen molar-refractivity contribution in [3.63, 3.8) is 0 Å². The highest BCUT2D eigenvalue weighted by Crippen LogP contribution is 2.21.